The molecule has 27 heavy (non-hydrogen) atoms. The molecular weight excluding hydrogens is 350 g/mol. The Labute approximate surface area is 153 Å². The Balaban J connectivity index is 1.84. The number of nitrogens with two attached hydrogens (primary N) is 1. The van der Waals surface area contributed by atoms with Crippen LogP contribution in [0.15, 0.2) is 55.4 Å². The summed E-state index contributed by atoms with van der Waals surface area (Å²) in [6, 6.07) is 5.48. The van der Waals surface area contributed by atoms with E-state index in [1.165, 1.54) is 35.7 Å². The molecule has 0 saturated heterocycles. The quantitative estimate of drug-likeness (QED) is 0.534. The van der Waals surface area contributed by atoms with Crippen LogP contribution in [0.25, 0.3) is 5.82 Å². The van der Waals surface area contributed by atoms with E-state index in [0.717, 1.165) is 0 Å². The van der Waals surface area contributed by atoms with Gasteiger partial charge in [0.1, 0.15) is 18.1 Å². The van der Waals surface area contributed by atoms with Crippen molar-refractivity contribution in [3.05, 3.63) is 66.6 Å². The molecule has 3 aromatic rings. The van der Waals surface area contributed by atoms with Crippen LogP contribution in [0.1, 0.15) is 16.1 Å². The molecule has 0 bridgehead atoms. The summed E-state index contributed by atoms with van der Waals surface area (Å²) in [5.41, 5.74) is 5.83. The first-order valence-corrected chi connectivity index (χ1v) is 7.90. The number of nitrogens with zero attached hydrogens (tertiary/aromatic N) is 5. The van der Waals surface area contributed by atoms with Gasteiger partial charge in [0.15, 0.2) is 5.82 Å². The van der Waals surface area contributed by atoms with Gasteiger partial charge in [0.25, 0.3) is 11.8 Å². The van der Waals surface area contributed by atoms with E-state index in [-0.39, 0.29) is 12.1 Å². The van der Waals surface area contributed by atoms with Gasteiger partial charge in [0, 0.05) is 25.0 Å². The Morgan fingerprint density at radius 1 is 1.11 bits per heavy atom. The first-order chi connectivity index (χ1) is 13.1. The Morgan fingerprint density at radius 2 is 1.89 bits per heavy atom. The smallest absolute Gasteiger partial charge is 0.287 e. The van der Waals surface area contributed by atoms with E-state index < -0.39 is 23.6 Å². The highest BCUT2D eigenvalue weighted by molar-refractivity contribution is 6.38. The number of carbonyl (C=O) groups excluding carboxylic acids is 3. The maximum atomic E-state index is 12.7. The molecule has 3 heterocycles. The van der Waals surface area contributed by atoms with E-state index in [9.17, 15) is 14.4 Å². The van der Waals surface area contributed by atoms with Crippen LogP contribution in [0.5, 0.6) is 0 Å². The number of aromatic nitrogens is 5. The fourth-order valence-electron chi connectivity index (χ4n) is 2.42. The van der Waals surface area contributed by atoms with E-state index in [0.29, 0.717) is 11.4 Å². The van der Waals surface area contributed by atoms with Crippen molar-refractivity contribution >= 4 is 17.6 Å². The van der Waals surface area contributed by atoms with Gasteiger partial charge in [-0.1, -0.05) is 6.07 Å². The minimum Gasteiger partial charge on any atom is -0.363 e. The SMILES string of the molecule is NC(=O)C(=O)C(Cc1cncnc1)NC(=O)c1ccnn1-c1ccccn1. The zero-order valence-corrected chi connectivity index (χ0v) is 14.0. The molecule has 0 aromatic carbocycles. The molecule has 3 N–H and O–H groups in total. The maximum Gasteiger partial charge on any atom is 0.287 e. The second kappa shape index (κ2) is 7.95. The third kappa shape index (κ3) is 4.18. The zero-order valence-electron chi connectivity index (χ0n) is 14.0. The third-order valence-corrected chi connectivity index (χ3v) is 3.66. The summed E-state index contributed by atoms with van der Waals surface area (Å²) in [4.78, 5) is 48.0. The van der Waals surface area contributed by atoms with Crippen molar-refractivity contribution < 1.29 is 14.4 Å². The minimum absolute atomic E-state index is 0.0199. The molecule has 0 spiro atoms. The first-order valence-electron chi connectivity index (χ1n) is 7.90. The van der Waals surface area contributed by atoms with Gasteiger partial charge in [-0.3, -0.25) is 14.4 Å². The lowest BCUT2D eigenvalue weighted by molar-refractivity contribution is -0.137. The highest BCUT2D eigenvalue weighted by atomic mass is 16.2. The van der Waals surface area contributed by atoms with Crippen LogP contribution >= 0.6 is 0 Å². The Morgan fingerprint density at radius 3 is 2.56 bits per heavy atom. The Bertz CT molecular complexity index is 957. The van der Waals surface area contributed by atoms with Crippen LogP contribution in [0.2, 0.25) is 0 Å². The van der Waals surface area contributed by atoms with Gasteiger partial charge in [-0.15, -0.1) is 0 Å². The number of pyridine rings is 1. The molecule has 1 atom stereocenters. The molecule has 0 aliphatic rings. The van der Waals surface area contributed by atoms with Gasteiger partial charge in [0.2, 0.25) is 5.78 Å². The molecule has 0 fully saturated rings. The fourth-order valence-corrected chi connectivity index (χ4v) is 2.42. The fraction of sp³-hybridized carbons (Fsp3) is 0.118. The average molecular weight is 365 g/mol. The number of primary amides is 1. The predicted molar refractivity (Wildman–Crippen MR) is 92.6 cm³/mol. The predicted octanol–water partition coefficient (Wildman–Crippen LogP) is -0.547. The van der Waals surface area contributed by atoms with Gasteiger partial charge in [-0.05, 0) is 23.8 Å². The van der Waals surface area contributed by atoms with Crippen LogP contribution in [0, 0.1) is 0 Å². The highest BCUT2D eigenvalue weighted by Crippen LogP contribution is 2.09. The van der Waals surface area contributed by atoms with Gasteiger partial charge >= 0.3 is 0 Å². The topological polar surface area (TPSA) is 146 Å². The maximum absolute atomic E-state index is 12.7. The molecular formula is C17H15N7O3. The lowest BCUT2D eigenvalue weighted by atomic mass is 10.0. The molecule has 0 aliphatic carbocycles. The second-order valence-electron chi connectivity index (χ2n) is 5.52. The number of ketones is 1. The van der Waals surface area contributed by atoms with E-state index in [1.807, 2.05) is 0 Å². The number of carbonyl (C=O) groups is 3. The van der Waals surface area contributed by atoms with E-state index in [4.69, 9.17) is 5.73 Å². The Hall–Kier alpha value is -3.95. The van der Waals surface area contributed by atoms with Crippen molar-refractivity contribution in [3.63, 3.8) is 0 Å². The summed E-state index contributed by atoms with van der Waals surface area (Å²) in [5, 5.41) is 6.60. The zero-order chi connectivity index (χ0) is 19.2. The molecule has 10 nitrogen and oxygen atoms in total. The molecule has 3 aromatic heterocycles. The van der Waals surface area contributed by atoms with Gasteiger partial charge in [-0.2, -0.15) is 5.10 Å². The Kier molecular flexibility index (Phi) is 5.26. The van der Waals surface area contributed by atoms with Crippen molar-refractivity contribution in [2.75, 3.05) is 0 Å². The summed E-state index contributed by atoms with van der Waals surface area (Å²) >= 11 is 0. The van der Waals surface area contributed by atoms with Crippen molar-refractivity contribution in [3.8, 4) is 5.82 Å². The number of hydrogen-bond donors (Lipinski definition) is 2. The summed E-state index contributed by atoms with van der Waals surface area (Å²) in [6.07, 6.45) is 7.31. The summed E-state index contributed by atoms with van der Waals surface area (Å²) in [5.74, 6) is -2.23. The molecule has 10 heteroatoms. The molecule has 136 valence electrons. The van der Waals surface area contributed by atoms with Crippen LogP contribution in [-0.4, -0.2) is 48.4 Å². The van der Waals surface area contributed by atoms with Crippen molar-refractivity contribution in [1.82, 2.24) is 30.0 Å². The number of rotatable bonds is 7. The van der Waals surface area contributed by atoms with Crippen LogP contribution in [-0.2, 0) is 16.0 Å². The first kappa shape index (κ1) is 17.9. The molecule has 2 amide bonds. The standard InChI is InChI=1S/C17H15N7O3/c18-16(26)15(25)12(7-11-8-19-10-20-9-11)23-17(27)13-4-6-22-24(13)14-3-1-2-5-21-14/h1-6,8-10,12H,7H2,(H2,18,26)(H,23,27). The normalized spacial score (nSPS) is 11.6. The van der Waals surface area contributed by atoms with Gasteiger partial charge < -0.3 is 11.1 Å². The summed E-state index contributed by atoms with van der Waals surface area (Å²) in [6.45, 7) is 0. The largest absolute Gasteiger partial charge is 0.363 e. The van der Waals surface area contributed by atoms with Crippen molar-refractivity contribution in [2.24, 2.45) is 5.73 Å². The monoisotopic (exact) mass is 365 g/mol. The molecule has 1 unspecified atom stereocenters. The second-order valence-corrected chi connectivity index (χ2v) is 5.52. The number of amides is 2. The van der Waals surface area contributed by atoms with Crippen LogP contribution in [0.3, 0.4) is 0 Å². The minimum atomic E-state index is -1.16. The van der Waals surface area contributed by atoms with E-state index >= 15 is 0 Å². The summed E-state index contributed by atoms with van der Waals surface area (Å²) < 4.78 is 1.33. The number of Topliss-reactive ketones (excluding diaryl/α,β-unsaturated/α-hetero) is 1. The lowest BCUT2D eigenvalue weighted by Gasteiger charge is -2.16. The molecule has 0 aliphatic heterocycles. The van der Waals surface area contributed by atoms with Crippen LogP contribution in [0.4, 0.5) is 0 Å². The van der Waals surface area contributed by atoms with E-state index in [2.05, 4.69) is 25.4 Å². The van der Waals surface area contributed by atoms with Gasteiger partial charge in [-0.25, -0.2) is 19.6 Å². The number of hydrogen-bond acceptors (Lipinski definition) is 7. The lowest BCUT2D eigenvalue weighted by Crippen LogP contribution is -2.47. The third-order valence-electron chi connectivity index (χ3n) is 3.66. The van der Waals surface area contributed by atoms with Crippen molar-refractivity contribution in [2.45, 2.75) is 12.5 Å². The van der Waals surface area contributed by atoms with Crippen molar-refractivity contribution in [1.29, 1.82) is 0 Å². The number of nitrogens with one attached hydrogen (secondary N) is 1. The van der Waals surface area contributed by atoms with Crippen LogP contribution < -0.4 is 11.1 Å². The summed E-state index contributed by atoms with van der Waals surface area (Å²) in [7, 11) is 0. The van der Waals surface area contributed by atoms with E-state index in [1.54, 1.807) is 24.4 Å². The molecule has 0 saturated carbocycles. The highest BCUT2D eigenvalue weighted by Gasteiger charge is 2.27. The van der Waals surface area contributed by atoms with Gasteiger partial charge in [0.05, 0.1) is 6.20 Å². The average Bonchev–Trinajstić information content (AvgIpc) is 3.18. The molecule has 0 radical (unpaired) electrons. The molecule has 3 rings (SSSR count).